The highest BCUT2D eigenvalue weighted by atomic mass is 31.2. The fourth-order valence-corrected chi connectivity index (χ4v) is 5.92. The van der Waals surface area contributed by atoms with Gasteiger partial charge in [-0.3, -0.25) is 0 Å². The summed E-state index contributed by atoms with van der Waals surface area (Å²) in [6.07, 6.45) is 7.08. The van der Waals surface area contributed by atoms with Crippen molar-refractivity contribution in [2.75, 3.05) is 6.61 Å². The fraction of sp³-hybridized carbons (Fsp3) is 1.00. The van der Waals surface area contributed by atoms with Gasteiger partial charge in [-0.2, -0.15) is 4.52 Å². The van der Waals surface area contributed by atoms with Crippen molar-refractivity contribution in [2.45, 2.75) is 105 Å². The average molecular weight is 335 g/mol. The first-order chi connectivity index (χ1) is 10.4. The number of rotatable bonds is 14. The second-order valence-corrected chi connectivity index (χ2v) is 8.73. The largest absolute Gasteiger partial charge is 0.363 e. The molecule has 5 heteroatoms. The van der Waals surface area contributed by atoms with Gasteiger partial charge < -0.3 is 0 Å². The maximum atomic E-state index is 6.26. The molecule has 4 nitrogen and oxygen atoms in total. The first-order valence-electron chi connectivity index (χ1n) is 9.29. The predicted octanol–water partition coefficient (Wildman–Crippen LogP) is 5.04. The van der Waals surface area contributed by atoms with E-state index in [1.807, 2.05) is 0 Å². The van der Waals surface area contributed by atoms with Crippen molar-refractivity contribution in [2.24, 2.45) is 0 Å². The van der Waals surface area contributed by atoms with Crippen LogP contribution in [0.2, 0.25) is 0 Å². The third-order valence-corrected chi connectivity index (χ3v) is 6.75. The van der Waals surface area contributed by atoms with Gasteiger partial charge in [-0.15, -0.1) is 15.3 Å². The zero-order valence-corrected chi connectivity index (χ0v) is 16.9. The van der Waals surface area contributed by atoms with Crippen molar-refractivity contribution in [1.82, 2.24) is 15.3 Å². The van der Waals surface area contributed by atoms with Crippen LogP contribution >= 0.6 is 7.94 Å². The standard InChI is InChI=1S/C17H41N3OP/c1-8-12-15(5)18-22(21-11-4,19-16(6)13-9-2)20-17(7)14-10-3/h15-20H,8-14H2,1-7H3/q+1. The third-order valence-electron chi connectivity index (χ3n) is 3.69. The highest BCUT2D eigenvalue weighted by molar-refractivity contribution is 7.65. The van der Waals surface area contributed by atoms with E-state index >= 15 is 0 Å². The summed E-state index contributed by atoms with van der Waals surface area (Å²) in [5.41, 5.74) is 0. The van der Waals surface area contributed by atoms with E-state index in [1.165, 1.54) is 38.5 Å². The summed E-state index contributed by atoms with van der Waals surface area (Å²) in [6, 6.07) is 1.35. The molecule has 0 aliphatic carbocycles. The molecule has 0 rings (SSSR count). The molecule has 0 amide bonds. The Kier molecular flexibility index (Phi) is 12.8. The molecule has 22 heavy (non-hydrogen) atoms. The zero-order valence-electron chi connectivity index (χ0n) is 16.0. The van der Waals surface area contributed by atoms with Gasteiger partial charge in [-0.05, 0) is 47.0 Å². The van der Waals surface area contributed by atoms with Crippen LogP contribution in [0.3, 0.4) is 0 Å². The lowest BCUT2D eigenvalue weighted by Crippen LogP contribution is -2.48. The Bertz CT molecular complexity index is 230. The SMILES string of the molecule is CCCC(C)N[P+](NC(C)CCC)(NC(C)CCC)OCC. The van der Waals surface area contributed by atoms with E-state index in [4.69, 9.17) is 4.52 Å². The number of hydrogen-bond acceptors (Lipinski definition) is 4. The number of nitrogens with one attached hydrogen (secondary N) is 3. The lowest BCUT2D eigenvalue weighted by Gasteiger charge is -2.32. The minimum absolute atomic E-state index is 0.451. The van der Waals surface area contributed by atoms with Gasteiger partial charge in [0.25, 0.3) is 0 Å². The molecule has 0 aromatic rings. The van der Waals surface area contributed by atoms with E-state index < -0.39 is 7.94 Å². The molecule has 0 bridgehead atoms. The van der Waals surface area contributed by atoms with E-state index in [0.717, 1.165) is 6.61 Å². The quantitative estimate of drug-likeness (QED) is 0.390. The third kappa shape index (κ3) is 9.42. The van der Waals surface area contributed by atoms with Crippen LogP contribution in [0.15, 0.2) is 0 Å². The first kappa shape index (κ1) is 22.3. The molecule has 0 heterocycles. The summed E-state index contributed by atoms with van der Waals surface area (Å²) in [5.74, 6) is 0. The Balaban J connectivity index is 5.05. The molecule has 0 aliphatic rings. The van der Waals surface area contributed by atoms with Gasteiger partial charge in [-0.25, -0.2) is 0 Å². The van der Waals surface area contributed by atoms with Crippen molar-refractivity contribution in [1.29, 1.82) is 0 Å². The molecule has 0 spiro atoms. The minimum Gasteiger partial charge on any atom is -0.182 e. The molecule has 0 saturated carbocycles. The molecule has 0 aromatic carbocycles. The maximum absolute atomic E-state index is 6.26. The van der Waals surface area contributed by atoms with Crippen LogP contribution in [0.5, 0.6) is 0 Å². The van der Waals surface area contributed by atoms with Crippen LogP contribution in [0.4, 0.5) is 0 Å². The van der Waals surface area contributed by atoms with Gasteiger partial charge in [0.2, 0.25) is 0 Å². The van der Waals surface area contributed by atoms with Gasteiger partial charge in [0.15, 0.2) is 0 Å². The van der Waals surface area contributed by atoms with Crippen molar-refractivity contribution in [3.8, 4) is 0 Å². The Labute approximate surface area is 140 Å². The zero-order chi connectivity index (χ0) is 17.0. The van der Waals surface area contributed by atoms with Gasteiger partial charge in [0.05, 0.1) is 6.61 Å². The smallest absolute Gasteiger partial charge is 0.182 e. The molecule has 3 unspecified atom stereocenters. The van der Waals surface area contributed by atoms with Gasteiger partial charge >= 0.3 is 7.94 Å². The molecular formula is C17H41N3OP+. The van der Waals surface area contributed by atoms with Crippen molar-refractivity contribution < 1.29 is 4.52 Å². The van der Waals surface area contributed by atoms with Crippen LogP contribution in [0.1, 0.15) is 87.0 Å². The Morgan fingerprint density at radius 3 is 1.23 bits per heavy atom. The normalized spacial score (nSPS) is 18.7. The lowest BCUT2D eigenvalue weighted by atomic mass is 10.2. The van der Waals surface area contributed by atoms with Crippen molar-refractivity contribution >= 4 is 7.94 Å². The van der Waals surface area contributed by atoms with Crippen LogP contribution in [0.25, 0.3) is 0 Å². The number of hydrogen-bond donors (Lipinski definition) is 3. The average Bonchev–Trinajstić information content (AvgIpc) is 2.39. The molecule has 0 radical (unpaired) electrons. The predicted molar refractivity (Wildman–Crippen MR) is 101 cm³/mol. The summed E-state index contributed by atoms with van der Waals surface area (Å²) in [4.78, 5) is 0. The highest BCUT2D eigenvalue weighted by Gasteiger charge is 2.44. The summed E-state index contributed by atoms with van der Waals surface area (Å²) >= 11 is 0. The van der Waals surface area contributed by atoms with Gasteiger partial charge in [0, 0.05) is 18.1 Å². The Hall–Kier alpha value is 0.270. The maximum Gasteiger partial charge on any atom is 0.363 e. The Morgan fingerprint density at radius 2 is 1.00 bits per heavy atom. The first-order valence-corrected chi connectivity index (χ1v) is 11.0. The Morgan fingerprint density at radius 1 is 0.682 bits per heavy atom. The van der Waals surface area contributed by atoms with E-state index in [0.29, 0.717) is 18.1 Å². The van der Waals surface area contributed by atoms with Gasteiger partial charge in [-0.1, -0.05) is 40.0 Å². The molecule has 0 aromatic heterocycles. The monoisotopic (exact) mass is 334 g/mol. The summed E-state index contributed by atoms with van der Waals surface area (Å²) in [5, 5.41) is 11.3. The second kappa shape index (κ2) is 12.7. The van der Waals surface area contributed by atoms with E-state index in [1.54, 1.807) is 0 Å². The summed E-state index contributed by atoms with van der Waals surface area (Å²) in [7, 11) is -2.00. The van der Waals surface area contributed by atoms with Gasteiger partial charge in [0.1, 0.15) is 0 Å². The van der Waals surface area contributed by atoms with Crippen LogP contribution in [-0.2, 0) is 4.52 Å². The summed E-state index contributed by atoms with van der Waals surface area (Å²) in [6.45, 7) is 16.3. The summed E-state index contributed by atoms with van der Waals surface area (Å²) < 4.78 is 6.26. The van der Waals surface area contributed by atoms with E-state index in [9.17, 15) is 0 Å². The van der Waals surface area contributed by atoms with Crippen LogP contribution < -0.4 is 15.3 Å². The van der Waals surface area contributed by atoms with Crippen molar-refractivity contribution in [3.05, 3.63) is 0 Å². The van der Waals surface area contributed by atoms with E-state index in [-0.39, 0.29) is 0 Å². The van der Waals surface area contributed by atoms with Crippen LogP contribution in [-0.4, -0.2) is 24.7 Å². The topological polar surface area (TPSA) is 45.3 Å². The molecule has 0 saturated heterocycles. The second-order valence-electron chi connectivity index (χ2n) is 6.48. The molecule has 134 valence electrons. The molecule has 0 aliphatic heterocycles. The molecule has 3 atom stereocenters. The molecular weight excluding hydrogens is 293 g/mol. The fourth-order valence-electron chi connectivity index (χ4n) is 2.84. The molecule has 3 N–H and O–H groups in total. The lowest BCUT2D eigenvalue weighted by molar-refractivity contribution is 0.322. The van der Waals surface area contributed by atoms with Crippen LogP contribution in [0, 0.1) is 0 Å². The molecule has 0 fully saturated rings. The highest BCUT2D eigenvalue weighted by Crippen LogP contribution is 2.49. The van der Waals surface area contributed by atoms with E-state index in [2.05, 4.69) is 63.7 Å². The van der Waals surface area contributed by atoms with Crippen molar-refractivity contribution in [3.63, 3.8) is 0 Å². The minimum atomic E-state index is -2.00.